The van der Waals surface area contributed by atoms with Crippen LogP contribution in [0.3, 0.4) is 0 Å². The zero-order chi connectivity index (χ0) is 18.2. The number of benzene rings is 1. The number of nitrogens with zero attached hydrogens (tertiary/aromatic N) is 2. The highest BCUT2D eigenvalue weighted by Gasteiger charge is 2.22. The Morgan fingerprint density at radius 1 is 1.16 bits per heavy atom. The van der Waals surface area contributed by atoms with E-state index in [-0.39, 0.29) is 5.91 Å². The number of carbonyl (C=O) groups is 2. The highest BCUT2D eigenvalue weighted by molar-refractivity contribution is 6.06. The zero-order valence-electron chi connectivity index (χ0n) is 15.1. The molecule has 1 unspecified atom stereocenters. The second-order valence-electron chi connectivity index (χ2n) is 6.37. The van der Waals surface area contributed by atoms with Crippen LogP contribution in [0.4, 0.5) is 0 Å². The van der Waals surface area contributed by atoms with Crippen molar-refractivity contribution in [3.05, 3.63) is 30.0 Å². The Hall–Kier alpha value is -2.37. The van der Waals surface area contributed by atoms with E-state index in [0.29, 0.717) is 12.1 Å². The molecule has 6 nitrogen and oxygen atoms in total. The maximum absolute atomic E-state index is 12.7. The largest absolute Gasteiger partial charge is 0.368 e. The summed E-state index contributed by atoms with van der Waals surface area (Å²) in [7, 11) is 0. The first kappa shape index (κ1) is 19.0. The summed E-state index contributed by atoms with van der Waals surface area (Å²) in [5.74, 6) is -0.848. The summed E-state index contributed by atoms with van der Waals surface area (Å²) in [4.78, 5) is 24.3. The van der Waals surface area contributed by atoms with Crippen LogP contribution in [0.15, 0.2) is 24.3 Å². The molecule has 0 radical (unpaired) electrons. The van der Waals surface area contributed by atoms with Gasteiger partial charge in [0.05, 0.1) is 5.52 Å². The van der Waals surface area contributed by atoms with E-state index in [2.05, 4.69) is 17.3 Å². The van der Waals surface area contributed by atoms with Crippen LogP contribution in [0, 0.1) is 0 Å². The van der Waals surface area contributed by atoms with E-state index in [4.69, 9.17) is 5.73 Å². The quantitative estimate of drug-likeness (QED) is 0.649. The highest BCUT2D eigenvalue weighted by Crippen LogP contribution is 2.19. The molecule has 2 aromatic rings. The molecule has 0 aliphatic rings. The minimum atomic E-state index is -0.656. The molecular weight excluding hydrogens is 316 g/mol. The van der Waals surface area contributed by atoms with Crippen LogP contribution in [0.1, 0.15) is 62.9 Å². The Morgan fingerprint density at radius 3 is 2.56 bits per heavy atom. The molecule has 0 spiro atoms. The summed E-state index contributed by atoms with van der Waals surface area (Å²) in [6.07, 6.45) is 5.59. The number of nitrogens with one attached hydrogen (secondary N) is 1. The van der Waals surface area contributed by atoms with Gasteiger partial charge in [-0.25, -0.2) is 0 Å². The second-order valence-corrected chi connectivity index (χ2v) is 6.37. The van der Waals surface area contributed by atoms with Crippen molar-refractivity contribution in [2.24, 2.45) is 5.73 Å². The number of hydrogen-bond acceptors (Lipinski definition) is 3. The summed E-state index contributed by atoms with van der Waals surface area (Å²) in [5, 5.41) is 8.06. The summed E-state index contributed by atoms with van der Waals surface area (Å²) < 4.78 is 1.88. The number of amides is 2. The summed E-state index contributed by atoms with van der Waals surface area (Å²) in [6, 6.07) is 7.03. The van der Waals surface area contributed by atoms with Crippen LogP contribution in [0.2, 0.25) is 0 Å². The van der Waals surface area contributed by atoms with E-state index in [9.17, 15) is 9.59 Å². The number of para-hydroxylation sites is 1. The van der Waals surface area contributed by atoms with E-state index < -0.39 is 11.9 Å². The molecule has 0 saturated heterocycles. The molecule has 0 fully saturated rings. The van der Waals surface area contributed by atoms with Gasteiger partial charge in [0.1, 0.15) is 6.04 Å². The minimum absolute atomic E-state index is 0.342. The molecule has 6 heteroatoms. The van der Waals surface area contributed by atoms with Gasteiger partial charge in [-0.05, 0) is 18.9 Å². The average Bonchev–Trinajstić information content (AvgIpc) is 2.97. The molecule has 0 bridgehead atoms. The van der Waals surface area contributed by atoms with Crippen LogP contribution < -0.4 is 11.1 Å². The summed E-state index contributed by atoms with van der Waals surface area (Å²) >= 11 is 0. The van der Waals surface area contributed by atoms with Gasteiger partial charge in [-0.1, -0.05) is 57.7 Å². The van der Waals surface area contributed by atoms with E-state index >= 15 is 0 Å². The monoisotopic (exact) mass is 344 g/mol. The van der Waals surface area contributed by atoms with Crippen LogP contribution in [-0.4, -0.2) is 27.6 Å². The van der Waals surface area contributed by atoms with Crippen molar-refractivity contribution in [2.75, 3.05) is 0 Å². The van der Waals surface area contributed by atoms with Gasteiger partial charge in [0, 0.05) is 11.9 Å². The third-order valence-electron chi connectivity index (χ3n) is 4.34. The van der Waals surface area contributed by atoms with E-state index in [1.54, 1.807) is 0 Å². The second kappa shape index (κ2) is 9.20. The fraction of sp³-hybridized carbons (Fsp3) is 0.526. The van der Waals surface area contributed by atoms with Gasteiger partial charge in [-0.3, -0.25) is 14.3 Å². The Bertz CT molecular complexity index is 723. The van der Waals surface area contributed by atoms with E-state index in [0.717, 1.165) is 49.6 Å². The lowest BCUT2D eigenvalue weighted by molar-refractivity contribution is -0.120. The van der Waals surface area contributed by atoms with E-state index in [1.807, 2.05) is 35.9 Å². The molecule has 0 saturated carbocycles. The SMILES string of the molecule is CCCCCn1nc(C(=O)NC(CCCC)C(N)=O)c2ccccc21. The number of hydrogen-bond donors (Lipinski definition) is 2. The van der Waals surface area contributed by atoms with Crippen LogP contribution in [0.5, 0.6) is 0 Å². The van der Waals surface area contributed by atoms with Gasteiger partial charge >= 0.3 is 0 Å². The van der Waals surface area contributed by atoms with Crippen molar-refractivity contribution in [1.29, 1.82) is 0 Å². The highest BCUT2D eigenvalue weighted by atomic mass is 16.2. The average molecular weight is 344 g/mol. The predicted octanol–water partition coefficient (Wildman–Crippen LogP) is 3.00. The maximum atomic E-state index is 12.7. The van der Waals surface area contributed by atoms with Gasteiger partial charge < -0.3 is 11.1 Å². The van der Waals surface area contributed by atoms with Crippen molar-refractivity contribution in [3.63, 3.8) is 0 Å². The fourth-order valence-corrected chi connectivity index (χ4v) is 2.90. The summed E-state index contributed by atoms with van der Waals surface area (Å²) in [5.41, 5.74) is 6.72. The summed E-state index contributed by atoms with van der Waals surface area (Å²) in [6.45, 7) is 4.96. The number of carbonyl (C=O) groups excluding carboxylic acids is 2. The number of fused-ring (bicyclic) bond motifs is 1. The van der Waals surface area contributed by atoms with Gasteiger partial charge in [-0.2, -0.15) is 5.10 Å². The fourth-order valence-electron chi connectivity index (χ4n) is 2.90. The van der Waals surface area contributed by atoms with Crippen LogP contribution >= 0.6 is 0 Å². The third-order valence-corrected chi connectivity index (χ3v) is 4.34. The van der Waals surface area contributed by atoms with Crippen LogP contribution in [-0.2, 0) is 11.3 Å². The molecule has 3 N–H and O–H groups in total. The molecule has 1 heterocycles. The first-order valence-electron chi connectivity index (χ1n) is 9.14. The molecule has 0 aliphatic heterocycles. The number of rotatable bonds is 10. The topological polar surface area (TPSA) is 90.0 Å². The first-order valence-corrected chi connectivity index (χ1v) is 9.14. The molecule has 1 aromatic carbocycles. The Labute approximate surface area is 148 Å². The zero-order valence-corrected chi connectivity index (χ0v) is 15.1. The molecule has 0 aliphatic carbocycles. The van der Waals surface area contributed by atoms with E-state index in [1.165, 1.54) is 0 Å². The Balaban J connectivity index is 2.23. The Kier molecular flexibility index (Phi) is 6.98. The maximum Gasteiger partial charge on any atom is 0.273 e. The molecule has 1 atom stereocenters. The molecule has 1 aromatic heterocycles. The van der Waals surface area contributed by atoms with Crippen molar-refractivity contribution < 1.29 is 9.59 Å². The number of aromatic nitrogens is 2. The van der Waals surface area contributed by atoms with Crippen molar-refractivity contribution in [3.8, 4) is 0 Å². The van der Waals surface area contributed by atoms with Gasteiger partial charge in [0.2, 0.25) is 5.91 Å². The Morgan fingerprint density at radius 2 is 1.88 bits per heavy atom. The molecule has 2 amide bonds. The van der Waals surface area contributed by atoms with Gasteiger partial charge in [0.15, 0.2) is 5.69 Å². The third kappa shape index (κ3) is 4.81. The molecule has 25 heavy (non-hydrogen) atoms. The number of nitrogens with two attached hydrogens (primary N) is 1. The normalized spacial score (nSPS) is 12.2. The van der Waals surface area contributed by atoms with Crippen molar-refractivity contribution in [2.45, 2.75) is 65.0 Å². The smallest absolute Gasteiger partial charge is 0.273 e. The van der Waals surface area contributed by atoms with Crippen LogP contribution in [0.25, 0.3) is 10.9 Å². The lowest BCUT2D eigenvalue weighted by Crippen LogP contribution is -2.44. The molecule has 2 rings (SSSR count). The first-order chi connectivity index (χ1) is 12.1. The standard InChI is InChI=1S/C19H28N4O2/c1-3-5-9-13-23-16-12-8-7-10-14(16)17(22-23)19(25)21-15(18(20)24)11-6-4-2/h7-8,10,12,15H,3-6,9,11,13H2,1-2H3,(H2,20,24)(H,21,25). The van der Waals surface area contributed by atoms with Gasteiger partial charge in [-0.15, -0.1) is 0 Å². The number of aryl methyl sites for hydroxylation is 1. The molecular formula is C19H28N4O2. The lowest BCUT2D eigenvalue weighted by Gasteiger charge is -2.14. The number of primary amides is 1. The van der Waals surface area contributed by atoms with Crippen molar-refractivity contribution in [1.82, 2.24) is 15.1 Å². The minimum Gasteiger partial charge on any atom is -0.368 e. The number of unbranched alkanes of at least 4 members (excludes halogenated alkanes) is 3. The molecule has 136 valence electrons. The predicted molar refractivity (Wildman–Crippen MR) is 99.2 cm³/mol. The lowest BCUT2D eigenvalue weighted by atomic mass is 10.1. The van der Waals surface area contributed by atoms with Crippen molar-refractivity contribution >= 4 is 22.7 Å². The van der Waals surface area contributed by atoms with Gasteiger partial charge in [0.25, 0.3) is 5.91 Å².